The average Bonchev–Trinajstić information content (AvgIpc) is 2.55. The first kappa shape index (κ1) is 16.7. The summed E-state index contributed by atoms with van der Waals surface area (Å²) in [5, 5.41) is 2.81. The summed E-state index contributed by atoms with van der Waals surface area (Å²) in [5.74, 6) is 0.0637. The second kappa shape index (κ2) is 8.11. The third-order valence-electron chi connectivity index (χ3n) is 3.33. The molecule has 2 unspecified atom stereocenters. The van der Waals surface area contributed by atoms with Gasteiger partial charge in [-0.2, -0.15) is 0 Å². The molecule has 0 spiro atoms. The van der Waals surface area contributed by atoms with Crippen LogP contribution in [0.4, 0.5) is 0 Å². The molecule has 22 heavy (non-hydrogen) atoms. The van der Waals surface area contributed by atoms with Crippen molar-refractivity contribution in [1.29, 1.82) is 0 Å². The number of hydrogen-bond acceptors (Lipinski definition) is 2. The smallest absolute Gasteiger partial charge is 0.235 e. The van der Waals surface area contributed by atoms with Crippen LogP contribution in [0.1, 0.15) is 18.1 Å². The van der Waals surface area contributed by atoms with Gasteiger partial charge in [-0.25, -0.2) is 0 Å². The molecule has 2 aromatic rings. The number of hydrogen-bond donors (Lipinski definition) is 1. The Morgan fingerprint density at radius 1 is 1.14 bits per heavy atom. The van der Waals surface area contributed by atoms with Crippen molar-refractivity contribution in [2.45, 2.75) is 24.5 Å². The number of carbonyl (C=O) groups is 1. The van der Waals surface area contributed by atoms with E-state index in [2.05, 4.69) is 5.32 Å². The topological polar surface area (TPSA) is 46.2 Å². The van der Waals surface area contributed by atoms with Crippen molar-refractivity contribution in [2.75, 3.05) is 0 Å². The second-order valence-electron chi connectivity index (χ2n) is 4.96. The van der Waals surface area contributed by atoms with Crippen molar-refractivity contribution in [3.8, 4) is 0 Å². The predicted octanol–water partition coefficient (Wildman–Crippen LogP) is 3.29. The number of amides is 1. The molecule has 0 fully saturated rings. The molecule has 2 atom stereocenters. The van der Waals surface area contributed by atoms with E-state index in [1.165, 1.54) is 0 Å². The summed E-state index contributed by atoms with van der Waals surface area (Å²) in [4.78, 5) is 12.1. The Bertz CT molecular complexity index is 661. The number of nitrogens with one attached hydrogen (secondary N) is 1. The van der Waals surface area contributed by atoms with E-state index >= 15 is 0 Å². The van der Waals surface area contributed by atoms with Crippen molar-refractivity contribution in [1.82, 2.24) is 5.32 Å². The maximum Gasteiger partial charge on any atom is 0.235 e. The fourth-order valence-electron chi connectivity index (χ4n) is 1.94. The molecular formula is C17H18ClNO2S. The monoisotopic (exact) mass is 335 g/mol. The van der Waals surface area contributed by atoms with Crippen molar-refractivity contribution in [2.24, 2.45) is 0 Å². The Morgan fingerprint density at radius 2 is 1.77 bits per heavy atom. The third-order valence-corrected chi connectivity index (χ3v) is 5.30. The minimum absolute atomic E-state index is 0.214. The fourth-order valence-corrected chi connectivity index (χ4v) is 3.35. The van der Waals surface area contributed by atoms with Crippen LogP contribution in [-0.2, 0) is 27.9 Å². The molecule has 2 aromatic carbocycles. The first-order chi connectivity index (χ1) is 10.6. The van der Waals surface area contributed by atoms with E-state index < -0.39 is 16.0 Å². The van der Waals surface area contributed by atoms with Crippen LogP contribution < -0.4 is 5.32 Å². The highest BCUT2D eigenvalue weighted by atomic mass is 35.5. The van der Waals surface area contributed by atoms with Gasteiger partial charge in [-0.1, -0.05) is 60.1 Å². The van der Waals surface area contributed by atoms with Gasteiger partial charge in [-0.15, -0.1) is 0 Å². The molecule has 1 N–H and O–H groups in total. The minimum atomic E-state index is -1.31. The third kappa shape index (κ3) is 4.68. The van der Waals surface area contributed by atoms with Crippen LogP contribution in [0, 0.1) is 0 Å². The highest BCUT2D eigenvalue weighted by molar-refractivity contribution is 7.85. The molecule has 2 rings (SSSR count). The quantitative estimate of drug-likeness (QED) is 0.880. The summed E-state index contributed by atoms with van der Waals surface area (Å²) in [6.45, 7) is 2.11. The first-order valence-corrected chi connectivity index (χ1v) is 8.76. The van der Waals surface area contributed by atoms with E-state index in [1.807, 2.05) is 48.5 Å². The molecule has 1 amide bonds. The summed E-state index contributed by atoms with van der Waals surface area (Å²) < 4.78 is 12.3. The maximum absolute atomic E-state index is 12.3. The van der Waals surface area contributed by atoms with Crippen LogP contribution in [0.25, 0.3) is 0 Å². The van der Waals surface area contributed by atoms with Gasteiger partial charge in [-0.3, -0.25) is 9.00 Å². The van der Waals surface area contributed by atoms with Gasteiger partial charge in [0.25, 0.3) is 0 Å². The lowest BCUT2D eigenvalue weighted by atomic mass is 10.2. The van der Waals surface area contributed by atoms with E-state index in [0.29, 0.717) is 11.6 Å². The molecule has 0 radical (unpaired) electrons. The van der Waals surface area contributed by atoms with E-state index in [1.54, 1.807) is 13.0 Å². The van der Waals surface area contributed by atoms with E-state index in [-0.39, 0.29) is 11.7 Å². The molecule has 0 bridgehead atoms. The van der Waals surface area contributed by atoms with Crippen molar-refractivity contribution in [3.05, 3.63) is 70.7 Å². The van der Waals surface area contributed by atoms with E-state index in [0.717, 1.165) is 11.1 Å². The van der Waals surface area contributed by atoms with Crippen LogP contribution in [0.2, 0.25) is 5.02 Å². The van der Waals surface area contributed by atoms with Gasteiger partial charge >= 0.3 is 0 Å². The van der Waals surface area contributed by atoms with Gasteiger partial charge in [0.1, 0.15) is 5.25 Å². The Kier molecular flexibility index (Phi) is 6.16. The van der Waals surface area contributed by atoms with Gasteiger partial charge in [-0.05, 0) is 24.1 Å². The zero-order valence-corrected chi connectivity index (χ0v) is 13.9. The molecule has 0 saturated carbocycles. The molecule has 0 aliphatic rings. The van der Waals surface area contributed by atoms with Gasteiger partial charge in [0.15, 0.2) is 0 Å². The van der Waals surface area contributed by atoms with Crippen LogP contribution in [0.5, 0.6) is 0 Å². The summed E-state index contributed by atoms with van der Waals surface area (Å²) in [5.41, 5.74) is 1.81. The average molecular weight is 336 g/mol. The summed E-state index contributed by atoms with van der Waals surface area (Å²) >= 11 is 6.06. The Morgan fingerprint density at radius 3 is 2.45 bits per heavy atom. The molecule has 0 aliphatic carbocycles. The summed E-state index contributed by atoms with van der Waals surface area (Å²) in [7, 11) is -1.31. The van der Waals surface area contributed by atoms with Crippen LogP contribution in [0.15, 0.2) is 54.6 Å². The van der Waals surface area contributed by atoms with E-state index in [4.69, 9.17) is 11.6 Å². The standard InChI is InChI=1S/C17H18ClNO2S/c1-13(17(20)19-11-14-7-3-2-4-8-14)22(21)12-15-9-5-6-10-16(15)18/h2-10,13H,11-12H2,1H3,(H,19,20). The van der Waals surface area contributed by atoms with Crippen LogP contribution in [-0.4, -0.2) is 15.4 Å². The number of halogens is 1. The highest BCUT2D eigenvalue weighted by Gasteiger charge is 2.20. The second-order valence-corrected chi connectivity index (χ2v) is 7.13. The lowest BCUT2D eigenvalue weighted by Crippen LogP contribution is -2.35. The fraction of sp³-hybridized carbons (Fsp3) is 0.235. The van der Waals surface area contributed by atoms with E-state index in [9.17, 15) is 9.00 Å². The van der Waals surface area contributed by atoms with Crippen LogP contribution >= 0.6 is 11.6 Å². The summed E-state index contributed by atoms with van der Waals surface area (Å²) in [6, 6.07) is 16.9. The predicted molar refractivity (Wildman–Crippen MR) is 91.0 cm³/mol. The molecule has 3 nitrogen and oxygen atoms in total. The molecule has 116 valence electrons. The lowest BCUT2D eigenvalue weighted by Gasteiger charge is -2.13. The molecular weight excluding hydrogens is 318 g/mol. The normalized spacial score (nSPS) is 13.4. The zero-order valence-electron chi connectivity index (χ0n) is 12.3. The zero-order chi connectivity index (χ0) is 15.9. The minimum Gasteiger partial charge on any atom is -0.351 e. The number of benzene rings is 2. The molecule has 0 saturated heterocycles. The Hall–Kier alpha value is -1.65. The lowest BCUT2D eigenvalue weighted by molar-refractivity contribution is -0.120. The summed E-state index contributed by atoms with van der Waals surface area (Å²) in [6.07, 6.45) is 0. The molecule has 0 aromatic heterocycles. The van der Waals surface area contributed by atoms with Crippen molar-refractivity contribution >= 4 is 28.3 Å². The van der Waals surface area contributed by atoms with Gasteiger partial charge in [0, 0.05) is 22.4 Å². The number of carbonyl (C=O) groups excluding carboxylic acids is 1. The molecule has 5 heteroatoms. The first-order valence-electron chi connectivity index (χ1n) is 7.00. The van der Waals surface area contributed by atoms with Gasteiger partial charge < -0.3 is 5.32 Å². The number of rotatable bonds is 6. The van der Waals surface area contributed by atoms with Crippen molar-refractivity contribution < 1.29 is 9.00 Å². The highest BCUT2D eigenvalue weighted by Crippen LogP contribution is 2.18. The largest absolute Gasteiger partial charge is 0.351 e. The SMILES string of the molecule is CC(C(=O)NCc1ccccc1)S(=O)Cc1ccccc1Cl. The van der Waals surface area contributed by atoms with Gasteiger partial charge in [0.2, 0.25) is 5.91 Å². The van der Waals surface area contributed by atoms with Crippen molar-refractivity contribution in [3.63, 3.8) is 0 Å². The molecule has 0 aliphatic heterocycles. The Labute approximate surface area is 138 Å². The maximum atomic E-state index is 12.3. The Balaban J connectivity index is 1.90. The van der Waals surface area contributed by atoms with Gasteiger partial charge in [0.05, 0.1) is 5.75 Å². The van der Waals surface area contributed by atoms with Crippen LogP contribution in [0.3, 0.4) is 0 Å². The molecule has 0 heterocycles.